The predicted molar refractivity (Wildman–Crippen MR) is 89.5 cm³/mol. The molecule has 21 heavy (non-hydrogen) atoms. The normalized spacial score (nSPS) is 11.5. The number of alkyl halides is 1. The van der Waals surface area contributed by atoms with Crippen molar-refractivity contribution in [3.63, 3.8) is 0 Å². The molecule has 4 heteroatoms. The Hall–Kier alpha value is -1.03. The Morgan fingerprint density at radius 2 is 2.00 bits per heavy atom. The summed E-state index contributed by atoms with van der Waals surface area (Å²) in [5.74, 6) is 0.855. The molecule has 0 radical (unpaired) electrons. The zero-order chi connectivity index (χ0) is 16.0. The molecular formula is C17H25BrO3. The second-order valence-electron chi connectivity index (χ2n) is 6.06. The average Bonchev–Trinajstić information content (AvgIpc) is 2.42. The van der Waals surface area contributed by atoms with E-state index >= 15 is 0 Å². The standard InChI is InChI=1S/C17H25BrO3/c1-12-14(11-17(3,4)13(2)19)7-8-15(16(12)20)21-10-6-5-9-18/h7-8,20H,5-6,9-11H2,1-4H3. The molecular weight excluding hydrogens is 332 g/mol. The van der Waals surface area contributed by atoms with Crippen molar-refractivity contribution in [1.82, 2.24) is 0 Å². The fourth-order valence-corrected chi connectivity index (χ4v) is 2.40. The van der Waals surface area contributed by atoms with Crippen molar-refractivity contribution in [3.8, 4) is 11.5 Å². The number of carbonyl (C=O) groups is 1. The van der Waals surface area contributed by atoms with Crippen molar-refractivity contribution in [3.05, 3.63) is 23.3 Å². The Bertz CT molecular complexity index is 495. The number of hydrogen-bond acceptors (Lipinski definition) is 3. The molecule has 0 aliphatic rings. The SMILES string of the molecule is CC(=O)C(C)(C)Cc1ccc(OCCCCBr)c(O)c1C. The molecule has 0 bridgehead atoms. The van der Waals surface area contributed by atoms with Gasteiger partial charge in [0.2, 0.25) is 0 Å². The van der Waals surface area contributed by atoms with Gasteiger partial charge in [0.15, 0.2) is 11.5 Å². The van der Waals surface area contributed by atoms with Crippen LogP contribution in [-0.2, 0) is 11.2 Å². The molecule has 0 spiro atoms. The van der Waals surface area contributed by atoms with Gasteiger partial charge < -0.3 is 9.84 Å². The molecule has 0 unspecified atom stereocenters. The molecule has 0 saturated carbocycles. The van der Waals surface area contributed by atoms with E-state index in [0.717, 1.165) is 29.3 Å². The minimum atomic E-state index is -0.421. The van der Waals surface area contributed by atoms with Gasteiger partial charge in [-0.15, -0.1) is 0 Å². The number of hydrogen-bond donors (Lipinski definition) is 1. The number of phenols is 1. The largest absolute Gasteiger partial charge is 0.504 e. The van der Waals surface area contributed by atoms with E-state index in [1.165, 1.54) is 0 Å². The average molecular weight is 357 g/mol. The lowest BCUT2D eigenvalue weighted by Crippen LogP contribution is -2.24. The first-order valence-corrected chi connectivity index (χ1v) is 8.43. The second-order valence-corrected chi connectivity index (χ2v) is 6.85. The number of ether oxygens (including phenoxy) is 1. The molecule has 0 aliphatic carbocycles. The second kappa shape index (κ2) is 7.83. The highest BCUT2D eigenvalue weighted by Gasteiger charge is 2.25. The van der Waals surface area contributed by atoms with Crippen molar-refractivity contribution in [2.45, 2.75) is 47.0 Å². The van der Waals surface area contributed by atoms with Gasteiger partial charge in [0.25, 0.3) is 0 Å². The zero-order valence-electron chi connectivity index (χ0n) is 13.3. The molecule has 0 atom stereocenters. The van der Waals surface area contributed by atoms with E-state index in [0.29, 0.717) is 18.8 Å². The van der Waals surface area contributed by atoms with Crippen LogP contribution in [0.2, 0.25) is 0 Å². The van der Waals surface area contributed by atoms with E-state index in [-0.39, 0.29) is 11.5 Å². The van der Waals surface area contributed by atoms with Crippen LogP contribution in [0.15, 0.2) is 12.1 Å². The lowest BCUT2D eigenvalue weighted by atomic mass is 9.81. The van der Waals surface area contributed by atoms with Crippen molar-refractivity contribution >= 4 is 21.7 Å². The third-order valence-electron chi connectivity index (χ3n) is 3.88. The molecule has 1 N–H and O–H groups in total. The van der Waals surface area contributed by atoms with Gasteiger partial charge in [-0.25, -0.2) is 0 Å². The number of rotatable bonds is 8. The molecule has 1 aromatic carbocycles. The third-order valence-corrected chi connectivity index (χ3v) is 4.44. The van der Waals surface area contributed by atoms with Gasteiger partial charge in [-0.1, -0.05) is 35.8 Å². The van der Waals surface area contributed by atoms with Crippen LogP contribution in [0.25, 0.3) is 0 Å². The number of benzene rings is 1. The minimum absolute atomic E-state index is 0.150. The van der Waals surface area contributed by atoms with Crippen molar-refractivity contribution in [2.24, 2.45) is 5.41 Å². The lowest BCUT2D eigenvalue weighted by molar-refractivity contribution is -0.124. The molecule has 0 aromatic heterocycles. The summed E-state index contributed by atoms with van der Waals surface area (Å²) < 4.78 is 5.61. The van der Waals surface area contributed by atoms with Gasteiger partial charge in [-0.2, -0.15) is 0 Å². The molecule has 0 fully saturated rings. The van der Waals surface area contributed by atoms with Gasteiger partial charge in [0.1, 0.15) is 5.78 Å². The van der Waals surface area contributed by atoms with Crippen molar-refractivity contribution < 1.29 is 14.6 Å². The van der Waals surface area contributed by atoms with Crippen LogP contribution in [0.1, 0.15) is 44.7 Å². The summed E-state index contributed by atoms with van der Waals surface area (Å²) in [5, 5.41) is 11.2. The van der Waals surface area contributed by atoms with Gasteiger partial charge in [-0.05, 0) is 50.3 Å². The number of carbonyl (C=O) groups excluding carboxylic acids is 1. The smallest absolute Gasteiger partial charge is 0.161 e. The Kier molecular flexibility index (Phi) is 6.72. The Morgan fingerprint density at radius 1 is 1.33 bits per heavy atom. The summed E-state index contributed by atoms with van der Waals surface area (Å²) in [5.41, 5.74) is 1.36. The monoisotopic (exact) mass is 356 g/mol. The molecule has 0 amide bonds. The zero-order valence-corrected chi connectivity index (χ0v) is 14.9. The van der Waals surface area contributed by atoms with Crippen LogP contribution < -0.4 is 4.74 Å². The number of halogens is 1. The Morgan fingerprint density at radius 3 is 2.57 bits per heavy atom. The van der Waals surface area contributed by atoms with E-state index in [2.05, 4.69) is 15.9 Å². The van der Waals surface area contributed by atoms with Gasteiger partial charge in [-0.3, -0.25) is 4.79 Å². The summed E-state index contributed by atoms with van der Waals surface area (Å²) >= 11 is 3.38. The first-order chi connectivity index (χ1) is 9.79. The van der Waals surface area contributed by atoms with Gasteiger partial charge in [0.05, 0.1) is 6.61 Å². The number of unbranched alkanes of at least 4 members (excludes halogenated alkanes) is 1. The molecule has 0 heterocycles. The lowest BCUT2D eigenvalue weighted by Gasteiger charge is -2.23. The predicted octanol–water partition coefficient (Wildman–Crippen LogP) is 4.41. The number of phenolic OH excluding ortho intramolecular Hbond substituents is 1. The molecule has 1 rings (SSSR count). The van der Waals surface area contributed by atoms with E-state index in [4.69, 9.17) is 4.74 Å². The maximum Gasteiger partial charge on any atom is 0.161 e. The maximum atomic E-state index is 11.6. The van der Waals surface area contributed by atoms with Crippen molar-refractivity contribution in [1.29, 1.82) is 0 Å². The highest BCUT2D eigenvalue weighted by molar-refractivity contribution is 9.09. The Labute approximate surface area is 135 Å². The van der Waals surface area contributed by atoms with Gasteiger partial charge >= 0.3 is 0 Å². The Balaban J connectivity index is 2.83. The quantitative estimate of drug-likeness (QED) is 0.554. The molecule has 3 nitrogen and oxygen atoms in total. The van der Waals surface area contributed by atoms with Crippen LogP contribution in [-0.4, -0.2) is 22.8 Å². The number of Topliss-reactive ketones (excluding diaryl/α,β-unsaturated/α-hetero) is 1. The van der Waals surface area contributed by atoms with Crippen molar-refractivity contribution in [2.75, 3.05) is 11.9 Å². The minimum Gasteiger partial charge on any atom is -0.504 e. The van der Waals surface area contributed by atoms with E-state index < -0.39 is 5.41 Å². The molecule has 1 aromatic rings. The van der Waals surface area contributed by atoms with Crippen LogP contribution in [0.3, 0.4) is 0 Å². The summed E-state index contributed by atoms with van der Waals surface area (Å²) in [7, 11) is 0. The third kappa shape index (κ3) is 5.03. The van der Waals surface area contributed by atoms with Crippen LogP contribution in [0, 0.1) is 12.3 Å². The highest BCUT2D eigenvalue weighted by atomic mass is 79.9. The molecule has 118 valence electrons. The summed E-state index contributed by atoms with van der Waals surface area (Å²) in [6.07, 6.45) is 2.61. The topological polar surface area (TPSA) is 46.5 Å². The van der Waals surface area contributed by atoms with E-state index in [1.807, 2.05) is 26.8 Å². The first-order valence-electron chi connectivity index (χ1n) is 7.31. The summed E-state index contributed by atoms with van der Waals surface area (Å²) in [4.78, 5) is 11.6. The molecule has 0 aliphatic heterocycles. The van der Waals surface area contributed by atoms with Crippen LogP contribution >= 0.6 is 15.9 Å². The maximum absolute atomic E-state index is 11.6. The van der Waals surface area contributed by atoms with Crippen LogP contribution in [0.4, 0.5) is 0 Å². The summed E-state index contributed by atoms with van der Waals surface area (Å²) in [6.45, 7) is 7.92. The number of ketones is 1. The molecule has 0 saturated heterocycles. The number of aromatic hydroxyl groups is 1. The fraction of sp³-hybridized carbons (Fsp3) is 0.588. The summed E-state index contributed by atoms with van der Waals surface area (Å²) in [6, 6.07) is 3.74. The first kappa shape index (κ1) is 18.0. The van der Waals surface area contributed by atoms with E-state index in [1.54, 1.807) is 13.0 Å². The fourth-order valence-electron chi connectivity index (χ4n) is 2.00. The van der Waals surface area contributed by atoms with Gasteiger partial charge in [0, 0.05) is 10.7 Å². The highest BCUT2D eigenvalue weighted by Crippen LogP contribution is 2.35. The van der Waals surface area contributed by atoms with E-state index in [9.17, 15) is 9.90 Å². The van der Waals surface area contributed by atoms with Crippen LogP contribution in [0.5, 0.6) is 11.5 Å².